The molecule has 0 spiro atoms. The van der Waals surface area contributed by atoms with E-state index in [4.69, 9.17) is 9.97 Å². The molecule has 6 rings (SSSR count). The number of hydrogen-bond donors (Lipinski definition) is 0. The van der Waals surface area contributed by atoms with Crippen LogP contribution in [0.15, 0.2) is 60.9 Å². The number of rotatable bonds is 0. The molecule has 0 aliphatic heterocycles. The molecule has 0 fully saturated rings. The third-order valence-corrected chi connectivity index (χ3v) is 6.83. The van der Waals surface area contributed by atoms with Crippen LogP contribution in [0.4, 0.5) is 0 Å². The first kappa shape index (κ1) is 20.9. The van der Waals surface area contributed by atoms with Gasteiger partial charge in [0.2, 0.25) is 0 Å². The van der Waals surface area contributed by atoms with Crippen molar-refractivity contribution in [3.8, 4) is 0 Å². The van der Waals surface area contributed by atoms with Gasteiger partial charge >= 0.3 is 0 Å². The zero-order valence-corrected chi connectivity index (χ0v) is 20.6. The monoisotopic (exact) mass is 444 g/mol. The van der Waals surface area contributed by atoms with Gasteiger partial charge in [0.25, 0.3) is 0 Å². The van der Waals surface area contributed by atoms with Gasteiger partial charge in [-0.05, 0) is 57.0 Å². The van der Waals surface area contributed by atoms with Crippen molar-refractivity contribution in [2.24, 2.45) is 0 Å². The van der Waals surface area contributed by atoms with Gasteiger partial charge < -0.3 is 0 Å². The van der Waals surface area contributed by atoms with Crippen LogP contribution in [0, 0.1) is 0 Å². The van der Waals surface area contributed by atoms with E-state index < -0.39 is 0 Å². The molecule has 0 N–H and O–H groups in total. The van der Waals surface area contributed by atoms with E-state index in [0.29, 0.717) is 16.9 Å². The molecule has 0 amide bonds. The highest BCUT2D eigenvalue weighted by molar-refractivity contribution is 6.11. The van der Waals surface area contributed by atoms with Gasteiger partial charge in [0, 0.05) is 39.3 Å². The van der Waals surface area contributed by atoms with Gasteiger partial charge in [-0.15, -0.1) is 0 Å². The first-order valence-corrected chi connectivity index (χ1v) is 11.8. The molecule has 0 radical (unpaired) electrons. The predicted molar refractivity (Wildman–Crippen MR) is 143 cm³/mol. The summed E-state index contributed by atoms with van der Waals surface area (Å²) in [4.78, 5) is 19.0. The smallest absolute Gasteiger partial charge is 0.164 e. The van der Waals surface area contributed by atoms with Gasteiger partial charge in [-0.3, -0.25) is 0 Å². The molecule has 4 heterocycles. The fraction of sp³-hybridized carbons (Fsp3) is 0.267. The molecule has 6 aromatic rings. The maximum absolute atomic E-state index is 4.84. The van der Waals surface area contributed by atoms with Crippen molar-refractivity contribution in [1.82, 2.24) is 19.9 Å². The molecule has 0 unspecified atom stereocenters. The number of fused-ring (bicyclic) bond motifs is 7. The zero-order chi connectivity index (χ0) is 23.8. The second-order valence-electron chi connectivity index (χ2n) is 11.4. The van der Waals surface area contributed by atoms with E-state index in [0.717, 1.165) is 26.9 Å². The number of nitrogens with zero attached hydrogens (tertiary/aromatic N) is 4. The molecule has 4 nitrogen and oxygen atoms in total. The molecule has 0 saturated heterocycles. The lowest BCUT2D eigenvalue weighted by Crippen LogP contribution is -2.10. The minimum atomic E-state index is 0.0706. The van der Waals surface area contributed by atoms with Crippen LogP contribution in [-0.2, 0) is 10.8 Å². The van der Waals surface area contributed by atoms with Crippen molar-refractivity contribution in [3.63, 3.8) is 0 Å². The Kier molecular flexibility index (Phi) is 4.26. The Balaban J connectivity index is 1.68. The lowest BCUT2D eigenvalue weighted by atomic mass is 9.85. The second kappa shape index (κ2) is 6.92. The molecule has 4 aromatic heterocycles. The largest absolute Gasteiger partial charge is 0.236 e. The quantitative estimate of drug-likeness (QED) is 0.178. The molecule has 0 aliphatic rings. The van der Waals surface area contributed by atoms with Crippen LogP contribution in [0.3, 0.4) is 0 Å². The Labute approximate surface area is 199 Å². The molecule has 2 aromatic carbocycles. The lowest BCUT2D eigenvalue weighted by molar-refractivity contribution is 0.591. The lowest BCUT2D eigenvalue weighted by Gasteiger charge is -2.20. The Hall–Kier alpha value is -3.66. The fourth-order valence-corrected chi connectivity index (χ4v) is 4.68. The topological polar surface area (TPSA) is 51.6 Å². The van der Waals surface area contributed by atoms with Crippen molar-refractivity contribution in [3.05, 3.63) is 72.1 Å². The Morgan fingerprint density at radius 3 is 1.32 bits per heavy atom. The first-order chi connectivity index (χ1) is 16.1. The summed E-state index contributed by atoms with van der Waals surface area (Å²) in [7, 11) is 0. The van der Waals surface area contributed by atoms with Crippen LogP contribution in [-0.4, -0.2) is 19.9 Å². The van der Waals surface area contributed by atoms with Crippen LogP contribution in [0.5, 0.6) is 0 Å². The van der Waals surface area contributed by atoms with Crippen LogP contribution < -0.4 is 0 Å². The van der Waals surface area contributed by atoms with Crippen molar-refractivity contribution in [2.75, 3.05) is 0 Å². The molecular formula is C30H28N4. The molecule has 0 saturated carbocycles. The number of pyridine rings is 4. The Morgan fingerprint density at radius 1 is 0.471 bits per heavy atom. The minimum absolute atomic E-state index is 0.0706. The summed E-state index contributed by atoms with van der Waals surface area (Å²) < 4.78 is 0. The molecule has 4 heteroatoms. The average molecular weight is 445 g/mol. The summed E-state index contributed by atoms with van der Waals surface area (Å²) in [6, 6.07) is 17.7. The number of aromatic nitrogens is 4. The van der Waals surface area contributed by atoms with Crippen molar-refractivity contribution in [2.45, 2.75) is 52.4 Å². The van der Waals surface area contributed by atoms with Gasteiger partial charge in [0.05, 0.1) is 0 Å². The van der Waals surface area contributed by atoms with E-state index in [1.807, 2.05) is 12.4 Å². The number of hydrogen-bond acceptors (Lipinski definition) is 4. The van der Waals surface area contributed by atoms with Gasteiger partial charge in [0.1, 0.15) is 0 Å². The normalized spacial score (nSPS) is 13.0. The Bertz CT molecular complexity index is 1640. The maximum atomic E-state index is 4.84. The summed E-state index contributed by atoms with van der Waals surface area (Å²) in [6.45, 7) is 13.4. The Morgan fingerprint density at radius 2 is 0.912 bits per heavy atom. The second-order valence-corrected chi connectivity index (χ2v) is 11.4. The fourth-order valence-electron chi connectivity index (χ4n) is 4.68. The van der Waals surface area contributed by atoms with Gasteiger partial charge in [0.15, 0.2) is 16.9 Å². The van der Waals surface area contributed by atoms with Gasteiger partial charge in [-0.1, -0.05) is 65.8 Å². The third kappa shape index (κ3) is 3.28. The van der Waals surface area contributed by atoms with E-state index in [1.165, 1.54) is 21.9 Å². The number of benzene rings is 2. The standard InChI is InChI=1S/C30H28N4/c1-29(2,3)20-9-7-17-15-31-27-24(22(17)13-20)11-19-12-25-23-14-21(30(4,5)6)10-8-18(23)16-32-28(25)34-26(19)33-27/h7-16H,1-6H3. The summed E-state index contributed by atoms with van der Waals surface area (Å²) in [5, 5.41) is 7.72. The summed E-state index contributed by atoms with van der Waals surface area (Å²) in [6.07, 6.45) is 3.81. The summed E-state index contributed by atoms with van der Waals surface area (Å²) in [5.41, 5.74) is 4.85. The van der Waals surface area contributed by atoms with Crippen LogP contribution in [0.25, 0.3) is 54.6 Å². The first-order valence-electron chi connectivity index (χ1n) is 11.8. The molecule has 0 bridgehead atoms. The third-order valence-electron chi connectivity index (χ3n) is 6.83. The van der Waals surface area contributed by atoms with Crippen molar-refractivity contribution >= 4 is 54.6 Å². The molecule has 0 atom stereocenters. The molecule has 0 aliphatic carbocycles. The highest BCUT2D eigenvalue weighted by Gasteiger charge is 2.17. The van der Waals surface area contributed by atoms with E-state index >= 15 is 0 Å². The predicted octanol–water partition coefficient (Wildman–Crippen LogP) is 7.63. The molecular weight excluding hydrogens is 416 g/mol. The maximum Gasteiger partial charge on any atom is 0.164 e. The minimum Gasteiger partial charge on any atom is -0.236 e. The highest BCUT2D eigenvalue weighted by atomic mass is 14.9. The van der Waals surface area contributed by atoms with Crippen molar-refractivity contribution in [1.29, 1.82) is 0 Å². The van der Waals surface area contributed by atoms with Crippen LogP contribution in [0.2, 0.25) is 0 Å². The summed E-state index contributed by atoms with van der Waals surface area (Å²) >= 11 is 0. The highest BCUT2D eigenvalue weighted by Crippen LogP contribution is 2.33. The van der Waals surface area contributed by atoms with Crippen LogP contribution in [0.1, 0.15) is 52.7 Å². The SMILES string of the molecule is CC(C)(C)c1ccc2cnc3nc4nc5ncc6ccc(C(C)(C)C)cc6c5cc4cc3c2c1. The van der Waals surface area contributed by atoms with Crippen LogP contribution >= 0.6 is 0 Å². The van der Waals surface area contributed by atoms with E-state index in [-0.39, 0.29) is 10.8 Å². The zero-order valence-electron chi connectivity index (χ0n) is 20.6. The van der Waals surface area contributed by atoms with Gasteiger partial charge in [-0.25, -0.2) is 19.9 Å². The van der Waals surface area contributed by atoms with E-state index in [2.05, 4.69) is 100 Å². The molecule has 34 heavy (non-hydrogen) atoms. The summed E-state index contributed by atoms with van der Waals surface area (Å²) in [5.74, 6) is 0. The van der Waals surface area contributed by atoms with E-state index in [9.17, 15) is 0 Å². The van der Waals surface area contributed by atoms with E-state index in [1.54, 1.807) is 0 Å². The van der Waals surface area contributed by atoms with Gasteiger partial charge in [-0.2, -0.15) is 0 Å². The average Bonchev–Trinajstić information content (AvgIpc) is 2.79. The van der Waals surface area contributed by atoms with Crippen molar-refractivity contribution < 1.29 is 0 Å². The molecule has 168 valence electrons.